The molecule has 3 N–H and O–H groups in total. The zero-order valence-corrected chi connectivity index (χ0v) is 16.7. The molecule has 28 heavy (non-hydrogen) atoms. The van der Waals surface area contributed by atoms with Gasteiger partial charge >= 0.3 is 11.8 Å². The van der Waals surface area contributed by atoms with Crippen LogP contribution >= 0.6 is 23.2 Å². The Bertz CT molecular complexity index is 945. The molecule has 0 radical (unpaired) electrons. The fourth-order valence-electron chi connectivity index (χ4n) is 2.08. The van der Waals surface area contributed by atoms with Gasteiger partial charge in [0.05, 0.1) is 17.1 Å². The Hall–Kier alpha value is -2.90. The van der Waals surface area contributed by atoms with E-state index < -0.39 is 11.8 Å². The number of rotatable bonds is 5. The van der Waals surface area contributed by atoms with Crippen molar-refractivity contribution in [3.8, 4) is 0 Å². The zero-order chi connectivity index (χ0) is 20.7. The number of amides is 3. The molecule has 0 saturated carbocycles. The Kier molecular flexibility index (Phi) is 7.54. The van der Waals surface area contributed by atoms with Gasteiger partial charge in [0.15, 0.2) is 0 Å². The number of aryl methyl sites for hydroxylation is 1. The molecule has 0 atom stereocenters. The Labute approximate surface area is 172 Å². The van der Waals surface area contributed by atoms with Gasteiger partial charge in [-0.25, -0.2) is 5.43 Å². The first kappa shape index (κ1) is 21.4. The minimum atomic E-state index is -0.970. The second kappa shape index (κ2) is 9.87. The number of hydrogen-bond donors (Lipinski definition) is 3. The van der Waals surface area contributed by atoms with Crippen molar-refractivity contribution in [2.45, 2.75) is 20.3 Å². The quantitative estimate of drug-likeness (QED) is 0.389. The van der Waals surface area contributed by atoms with Crippen LogP contribution in [-0.4, -0.2) is 23.4 Å². The SMILES string of the molecule is C/C(CC(=O)Nc1ccccc1Cl)=N\NC(=O)C(=O)Nc1ccc(C)c(Cl)c1. The number of benzene rings is 2. The van der Waals surface area contributed by atoms with Crippen molar-refractivity contribution < 1.29 is 14.4 Å². The highest BCUT2D eigenvalue weighted by atomic mass is 35.5. The van der Waals surface area contributed by atoms with Gasteiger partial charge in [0.2, 0.25) is 5.91 Å². The number of nitrogens with zero attached hydrogens (tertiary/aromatic N) is 1. The molecule has 2 aromatic rings. The van der Waals surface area contributed by atoms with Crippen molar-refractivity contribution in [1.82, 2.24) is 5.43 Å². The average Bonchev–Trinajstić information content (AvgIpc) is 2.64. The molecule has 0 saturated heterocycles. The summed E-state index contributed by atoms with van der Waals surface area (Å²) < 4.78 is 0. The predicted molar refractivity (Wildman–Crippen MR) is 111 cm³/mol. The van der Waals surface area contributed by atoms with E-state index in [0.29, 0.717) is 27.1 Å². The van der Waals surface area contributed by atoms with E-state index in [1.807, 2.05) is 6.92 Å². The number of carbonyl (C=O) groups excluding carboxylic acids is 3. The minimum absolute atomic E-state index is 0.0826. The van der Waals surface area contributed by atoms with Gasteiger partial charge in [-0.1, -0.05) is 41.4 Å². The lowest BCUT2D eigenvalue weighted by atomic mass is 10.2. The smallest absolute Gasteiger partial charge is 0.324 e. The molecule has 0 aromatic heterocycles. The first-order chi connectivity index (χ1) is 13.3. The molecule has 7 nitrogen and oxygen atoms in total. The zero-order valence-electron chi connectivity index (χ0n) is 15.2. The number of anilines is 2. The summed E-state index contributed by atoms with van der Waals surface area (Å²) in [5, 5.41) is 9.69. The van der Waals surface area contributed by atoms with Crippen LogP contribution in [0.25, 0.3) is 0 Å². The van der Waals surface area contributed by atoms with Crippen LogP contribution in [0.4, 0.5) is 11.4 Å². The lowest BCUT2D eigenvalue weighted by molar-refractivity contribution is -0.136. The number of hydrazone groups is 1. The Morgan fingerprint density at radius 2 is 1.68 bits per heavy atom. The van der Waals surface area contributed by atoms with Gasteiger partial charge in [0.1, 0.15) is 0 Å². The monoisotopic (exact) mass is 420 g/mol. The summed E-state index contributed by atoms with van der Waals surface area (Å²) in [6, 6.07) is 11.7. The van der Waals surface area contributed by atoms with Crippen LogP contribution in [0, 0.1) is 6.92 Å². The Morgan fingerprint density at radius 3 is 2.36 bits per heavy atom. The molecule has 0 aliphatic rings. The second-order valence-corrected chi connectivity index (χ2v) is 6.73. The van der Waals surface area contributed by atoms with E-state index >= 15 is 0 Å². The third-order valence-electron chi connectivity index (χ3n) is 3.55. The van der Waals surface area contributed by atoms with Gasteiger partial charge in [-0.05, 0) is 43.7 Å². The maximum absolute atomic E-state index is 12.0. The van der Waals surface area contributed by atoms with Crippen molar-refractivity contribution in [3.63, 3.8) is 0 Å². The topological polar surface area (TPSA) is 99.7 Å². The van der Waals surface area contributed by atoms with Crippen molar-refractivity contribution in [2.24, 2.45) is 5.10 Å². The first-order valence-corrected chi connectivity index (χ1v) is 8.97. The van der Waals surface area contributed by atoms with Crippen LogP contribution in [0.3, 0.4) is 0 Å². The van der Waals surface area contributed by atoms with Gasteiger partial charge < -0.3 is 10.6 Å². The average molecular weight is 421 g/mol. The molecule has 0 fully saturated rings. The largest absolute Gasteiger partial charge is 0.329 e. The molecular weight excluding hydrogens is 403 g/mol. The number of hydrogen-bond acceptors (Lipinski definition) is 4. The molecule has 0 aliphatic heterocycles. The summed E-state index contributed by atoms with van der Waals surface area (Å²) in [5.74, 6) is -2.23. The van der Waals surface area contributed by atoms with Crippen LogP contribution in [0.2, 0.25) is 10.0 Å². The molecule has 9 heteroatoms. The summed E-state index contributed by atoms with van der Waals surface area (Å²) >= 11 is 11.9. The summed E-state index contributed by atoms with van der Waals surface area (Å²) in [7, 11) is 0. The third kappa shape index (κ3) is 6.37. The lowest BCUT2D eigenvalue weighted by Crippen LogP contribution is -2.33. The van der Waals surface area contributed by atoms with Gasteiger partial charge in [0.25, 0.3) is 0 Å². The highest BCUT2D eigenvalue weighted by Crippen LogP contribution is 2.21. The van der Waals surface area contributed by atoms with Crippen molar-refractivity contribution >= 4 is 58.0 Å². The van der Waals surface area contributed by atoms with Crippen LogP contribution < -0.4 is 16.1 Å². The number of halogens is 2. The fourth-order valence-corrected chi connectivity index (χ4v) is 2.45. The van der Waals surface area contributed by atoms with Crippen LogP contribution in [0.1, 0.15) is 18.9 Å². The maximum atomic E-state index is 12.0. The molecular formula is C19H18Cl2N4O3. The summed E-state index contributed by atoms with van der Waals surface area (Å²) in [5.41, 5.74) is 4.12. The summed E-state index contributed by atoms with van der Waals surface area (Å²) in [4.78, 5) is 35.7. The second-order valence-electron chi connectivity index (χ2n) is 5.91. The molecule has 0 aliphatic carbocycles. The summed E-state index contributed by atoms with van der Waals surface area (Å²) in [6.07, 6.45) is -0.0826. The maximum Gasteiger partial charge on any atom is 0.329 e. The van der Waals surface area contributed by atoms with Crippen molar-refractivity contribution in [2.75, 3.05) is 10.6 Å². The molecule has 0 unspecified atom stereocenters. The molecule has 0 heterocycles. The van der Waals surface area contributed by atoms with E-state index in [1.54, 1.807) is 43.3 Å². The molecule has 0 bridgehead atoms. The van der Waals surface area contributed by atoms with E-state index in [2.05, 4.69) is 21.2 Å². The minimum Gasteiger partial charge on any atom is -0.324 e. The van der Waals surface area contributed by atoms with E-state index in [1.165, 1.54) is 6.07 Å². The van der Waals surface area contributed by atoms with Crippen molar-refractivity contribution in [1.29, 1.82) is 0 Å². The van der Waals surface area contributed by atoms with Crippen LogP contribution in [0.5, 0.6) is 0 Å². The van der Waals surface area contributed by atoms with E-state index in [-0.39, 0.29) is 12.3 Å². The van der Waals surface area contributed by atoms with Gasteiger partial charge in [-0.15, -0.1) is 0 Å². The van der Waals surface area contributed by atoms with E-state index in [9.17, 15) is 14.4 Å². The fraction of sp³-hybridized carbons (Fsp3) is 0.158. The predicted octanol–water partition coefficient (Wildman–Crippen LogP) is 3.76. The summed E-state index contributed by atoms with van der Waals surface area (Å²) in [6.45, 7) is 3.37. The number of carbonyl (C=O) groups is 3. The van der Waals surface area contributed by atoms with Crippen molar-refractivity contribution in [3.05, 3.63) is 58.1 Å². The third-order valence-corrected chi connectivity index (χ3v) is 4.29. The highest BCUT2D eigenvalue weighted by molar-refractivity contribution is 6.40. The van der Waals surface area contributed by atoms with Gasteiger partial charge in [0, 0.05) is 16.4 Å². The van der Waals surface area contributed by atoms with E-state index in [4.69, 9.17) is 23.2 Å². The normalized spacial score (nSPS) is 10.9. The lowest BCUT2D eigenvalue weighted by Gasteiger charge is -2.07. The molecule has 2 rings (SSSR count). The Balaban J connectivity index is 1.86. The number of nitrogens with one attached hydrogen (secondary N) is 3. The molecule has 2 aromatic carbocycles. The molecule has 0 spiro atoms. The van der Waals surface area contributed by atoms with Gasteiger partial charge in [-0.2, -0.15) is 5.10 Å². The van der Waals surface area contributed by atoms with Crippen LogP contribution in [-0.2, 0) is 14.4 Å². The molecule has 146 valence electrons. The Morgan fingerprint density at radius 1 is 0.964 bits per heavy atom. The standard InChI is InChI=1S/C19H18Cl2N4O3/c1-11-7-8-13(10-15(11)21)22-18(27)19(28)25-24-12(2)9-17(26)23-16-6-4-3-5-14(16)20/h3-8,10H,9H2,1-2H3,(H,22,27)(H,23,26)(H,25,28)/b24-12+. The van der Waals surface area contributed by atoms with Gasteiger partial charge in [-0.3, -0.25) is 14.4 Å². The first-order valence-electron chi connectivity index (χ1n) is 8.21. The number of para-hydroxylation sites is 1. The van der Waals surface area contributed by atoms with Crippen LogP contribution in [0.15, 0.2) is 47.6 Å². The highest BCUT2D eigenvalue weighted by Gasteiger charge is 2.14. The molecule has 3 amide bonds. The van der Waals surface area contributed by atoms with E-state index in [0.717, 1.165) is 5.56 Å².